The molecule has 0 spiro atoms. The molecule has 0 aromatic heterocycles. The van der Waals surface area contributed by atoms with Gasteiger partial charge in [-0.15, -0.1) is 0 Å². The fraction of sp³-hybridized carbons (Fsp3) is 0.222. The van der Waals surface area contributed by atoms with Gasteiger partial charge < -0.3 is 4.74 Å². The van der Waals surface area contributed by atoms with Crippen LogP contribution >= 0.6 is 0 Å². The van der Waals surface area contributed by atoms with Gasteiger partial charge in [-0.05, 0) is 43.3 Å². The third kappa shape index (κ3) is 5.51. The highest BCUT2D eigenvalue weighted by atomic mass is 32.2. The number of benzene rings is 2. The van der Waals surface area contributed by atoms with E-state index in [1.54, 1.807) is 13.0 Å². The van der Waals surface area contributed by atoms with E-state index in [1.807, 2.05) is 0 Å². The number of hydrogen-bond donors (Lipinski definition) is 3. The molecular formula is C18H20FN3O5S. The van der Waals surface area contributed by atoms with Crippen molar-refractivity contribution in [3.63, 3.8) is 0 Å². The van der Waals surface area contributed by atoms with E-state index in [9.17, 15) is 22.4 Å². The zero-order chi connectivity index (χ0) is 20.7. The first-order valence-electron chi connectivity index (χ1n) is 8.35. The number of sulfonamides is 1. The van der Waals surface area contributed by atoms with Crippen LogP contribution in [-0.4, -0.2) is 32.9 Å². The van der Waals surface area contributed by atoms with Gasteiger partial charge in [-0.25, -0.2) is 17.5 Å². The lowest BCUT2D eigenvalue weighted by molar-refractivity contribution is -0.128. The minimum Gasteiger partial charge on any atom is -0.478 e. The minimum atomic E-state index is -3.62. The van der Waals surface area contributed by atoms with Gasteiger partial charge in [-0.2, -0.15) is 0 Å². The van der Waals surface area contributed by atoms with Crippen LogP contribution < -0.4 is 20.3 Å². The SMILES string of the molecule is CCNS(=O)(=O)c1ccc(C(=O)NNC(=O)[C@H](C)Oc2ccccc2F)cc1. The Morgan fingerprint density at radius 1 is 1.07 bits per heavy atom. The molecule has 0 bridgehead atoms. The topological polar surface area (TPSA) is 114 Å². The molecule has 10 heteroatoms. The number of para-hydroxylation sites is 1. The largest absolute Gasteiger partial charge is 0.478 e. The van der Waals surface area contributed by atoms with Crippen LogP contribution in [0.3, 0.4) is 0 Å². The van der Waals surface area contributed by atoms with Crippen molar-refractivity contribution < 1.29 is 27.1 Å². The lowest BCUT2D eigenvalue weighted by atomic mass is 10.2. The second kappa shape index (κ2) is 9.29. The molecular weight excluding hydrogens is 389 g/mol. The van der Waals surface area contributed by atoms with Crippen LogP contribution in [0.2, 0.25) is 0 Å². The predicted octanol–water partition coefficient (Wildman–Crippen LogP) is 1.35. The summed E-state index contributed by atoms with van der Waals surface area (Å²) in [5.41, 5.74) is 4.49. The Morgan fingerprint density at radius 2 is 1.71 bits per heavy atom. The monoisotopic (exact) mass is 409 g/mol. The van der Waals surface area contributed by atoms with Crippen LogP contribution in [0, 0.1) is 5.82 Å². The van der Waals surface area contributed by atoms with Crippen molar-refractivity contribution in [1.82, 2.24) is 15.6 Å². The number of carbonyl (C=O) groups excluding carboxylic acids is 2. The number of ether oxygens (including phenoxy) is 1. The molecule has 0 unspecified atom stereocenters. The van der Waals surface area contributed by atoms with Crippen molar-refractivity contribution in [3.05, 3.63) is 59.9 Å². The number of hydrogen-bond acceptors (Lipinski definition) is 5. The van der Waals surface area contributed by atoms with E-state index in [2.05, 4.69) is 15.6 Å². The normalized spacial score (nSPS) is 12.1. The Balaban J connectivity index is 1.92. The third-order valence-electron chi connectivity index (χ3n) is 3.57. The van der Waals surface area contributed by atoms with Crippen LogP contribution in [0.15, 0.2) is 53.4 Å². The van der Waals surface area contributed by atoms with Crippen LogP contribution in [0.5, 0.6) is 5.75 Å². The molecule has 0 aliphatic carbocycles. The zero-order valence-electron chi connectivity index (χ0n) is 15.2. The zero-order valence-corrected chi connectivity index (χ0v) is 16.0. The number of hydrazine groups is 1. The maximum Gasteiger partial charge on any atom is 0.279 e. The molecule has 0 aliphatic rings. The van der Waals surface area contributed by atoms with E-state index >= 15 is 0 Å². The summed E-state index contributed by atoms with van der Waals surface area (Å²) in [4.78, 5) is 24.1. The lowest BCUT2D eigenvalue weighted by Gasteiger charge is -2.15. The first-order chi connectivity index (χ1) is 13.2. The first kappa shape index (κ1) is 21.3. The van der Waals surface area contributed by atoms with E-state index in [0.29, 0.717) is 0 Å². The third-order valence-corrected chi connectivity index (χ3v) is 5.13. The van der Waals surface area contributed by atoms with Crippen molar-refractivity contribution >= 4 is 21.8 Å². The highest BCUT2D eigenvalue weighted by Gasteiger charge is 2.18. The Kier molecular flexibility index (Phi) is 7.07. The quantitative estimate of drug-likeness (QED) is 0.598. The predicted molar refractivity (Wildman–Crippen MR) is 99.4 cm³/mol. The summed E-state index contributed by atoms with van der Waals surface area (Å²) in [5.74, 6) is -2.05. The van der Waals surface area contributed by atoms with Gasteiger partial charge in [0.1, 0.15) is 0 Å². The summed E-state index contributed by atoms with van der Waals surface area (Å²) < 4.78 is 44.8. The molecule has 28 heavy (non-hydrogen) atoms. The molecule has 0 saturated heterocycles. The fourth-order valence-electron chi connectivity index (χ4n) is 2.14. The van der Waals surface area contributed by atoms with Crippen LogP contribution in [0.25, 0.3) is 0 Å². The molecule has 0 heterocycles. The van der Waals surface area contributed by atoms with Gasteiger partial charge in [0, 0.05) is 12.1 Å². The van der Waals surface area contributed by atoms with Crippen molar-refractivity contribution in [2.24, 2.45) is 0 Å². The Morgan fingerprint density at radius 3 is 2.32 bits per heavy atom. The summed E-state index contributed by atoms with van der Waals surface area (Å²) >= 11 is 0. The number of halogens is 1. The fourth-order valence-corrected chi connectivity index (χ4v) is 3.18. The summed E-state index contributed by atoms with van der Waals surface area (Å²) in [6.45, 7) is 3.29. The van der Waals surface area contributed by atoms with E-state index in [-0.39, 0.29) is 22.8 Å². The maximum absolute atomic E-state index is 13.5. The van der Waals surface area contributed by atoms with Gasteiger partial charge in [0.05, 0.1) is 4.90 Å². The molecule has 2 rings (SSSR count). The van der Waals surface area contributed by atoms with E-state index in [1.165, 1.54) is 49.4 Å². The summed E-state index contributed by atoms with van der Waals surface area (Å²) in [6, 6.07) is 10.8. The lowest BCUT2D eigenvalue weighted by Crippen LogP contribution is -2.47. The highest BCUT2D eigenvalue weighted by Crippen LogP contribution is 2.17. The molecule has 0 saturated carbocycles. The molecule has 2 amide bonds. The van der Waals surface area contributed by atoms with Gasteiger partial charge >= 0.3 is 0 Å². The Bertz CT molecular complexity index is 948. The van der Waals surface area contributed by atoms with Gasteiger partial charge in [-0.1, -0.05) is 19.1 Å². The molecule has 0 radical (unpaired) electrons. The standard InChI is InChI=1S/C18H20FN3O5S/c1-3-20-28(25,26)14-10-8-13(9-11-14)18(24)22-21-17(23)12(2)27-16-7-5-4-6-15(16)19/h4-12,20H,3H2,1-2H3,(H,21,23)(H,22,24)/t12-/m0/s1. The highest BCUT2D eigenvalue weighted by molar-refractivity contribution is 7.89. The first-order valence-corrected chi connectivity index (χ1v) is 9.84. The number of amides is 2. The number of carbonyl (C=O) groups is 2. The average Bonchev–Trinajstić information content (AvgIpc) is 2.67. The van der Waals surface area contributed by atoms with Crippen LogP contribution in [-0.2, 0) is 14.8 Å². The van der Waals surface area contributed by atoms with Crippen molar-refractivity contribution in [2.45, 2.75) is 24.8 Å². The second-order valence-corrected chi connectivity index (χ2v) is 7.43. The summed E-state index contributed by atoms with van der Waals surface area (Å²) in [6.07, 6.45) is -1.06. The van der Waals surface area contributed by atoms with Gasteiger partial charge in [0.2, 0.25) is 10.0 Å². The summed E-state index contributed by atoms with van der Waals surface area (Å²) in [7, 11) is -3.62. The smallest absolute Gasteiger partial charge is 0.279 e. The van der Waals surface area contributed by atoms with E-state index in [4.69, 9.17) is 4.74 Å². The number of nitrogens with one attached hydrogen (secondary N) is 3. The van der Waals surface area contributed by atoms with Crippen molar-refractivity contribution in [3.8, 4) is 5.75 Å². The molecule has 2 aromatic rings. The van der Waals surface area contributed by atoms with Crippen LogP contribution in [0.4, 0.5) is 4.39 Å². The maximum atomic E-state index is 13.5. The van der Waals surface area contributed by atoms with Crippen LogP contribution in [0.1, 0.15) is 24.2 Å². The van der Waals surface area contributed by atoms with Gasteiger partial charge in [0.15, 0.2) is 17.7 Å². The Labute approximate surface area is 162 Å². The Hall–Kier alpha value is -2.98. The average molecular weight is 409 g/mol. The molecule has 0 fully saturated rings. The van der Waals surface area contributed by atoms with E-state index < -0.39 is 33.8 Å². The minimum absolute atomic E-state index is 0.0156. The van der Waals surface area contributed by atoms with Crippen molar-refractivity contribution in [2.75, 3.05) is 6.54 Å². The van der Waals surface area contributed by atoms with Gasteiger partial charge in [-0.3, -0.25) is 20.4 Å². The van der Waals surface area contributed by atoms with Gasteiger partial charge in [0.25, 0.3) is 11.8 Å². The molecule has 0 aliphatic heterocycles. The molecule has 2 aromatic carbocycles. The van der Waals surface area contributed by atoms with E-state index in [0.717, 1.165) is 0 Å². The molecule has 8 nitrogen and oxygen atoms in total. The molecule has 150 valence electrons. The molecule has 1 atom stereocenters. The number of rotatable bonds is 7. The summed E-state index contributed by atoms with van der Waals surface area (Å²) in [5, 5.41) is 0. The molecule has 3 N–H and O–H groups in total. The second-order valence-electron chi connectivity index (χ2n) is 5.66. The van der Waals surface area contributed by atoms with Crippen molar-refractivity contribution in [1.29, 1.82) is 0 Å².